The molecule has 1 fully saturated rings. The Morgan fingerprint density at radius 3 is 2.84 bits per heavy atom. The molecule has 1 amide bonds. The van der Waals surface area contributed by atoms with Crippen LogP contribution in [0.15, 0.2) is 28.8 Å². The zero-order valence-corrected chi connectivity index (χ0v) is 15.5. The van der Waals surface area contributed by atoms with Gasteiger partial charge in [0.05, 0.1) is 0 Å². The Bertz CT molecular complexity index is 725. The molecule has 0 aliphatic heterocycles. The molecule has 3 rings (SSSR count). The van der Waals surface area contributed by atoms with Crippen LogP contribution in [0.3, 0.4) is 0 Å². The van der Waals surface area contributed by atoms with Gasteiger partial charge in [-0.2, -0.15) is 4.98 Å². The first-order valence-electron chi connectivity index (χ1n) is 8.90. The first-order valence-corrected chi connectivity index (χ1v) is 9.28. The van der Waals surface area contributed by atoms with Gasteiger partial charge in [-0.25, -0.2) is 0 Å². The first kappa shape index (κ1) is 17.9. The van der Waals surface area contributed by atoms with Crippen LogP contribution in [0.1, 0.15) is 39.0 Å². The van der Waals surface area contributed by atoms with Gasteiger partial charge in [-0.1, -0.05) is 49.2 Å². The van der Waals surface area contributed by atoms with E-state index >= 15 is 0 Å². The molecular weight excluding hydrogens is 338 g/mol. The summed E-state index contributed by atoms with van der Waals surface area (Å²) in [5.41, 5.74) is 0.826. The molecule has 0 atom stereocenters. The van der Waals surface area contributed by atoms with E-state index in [1.54, 1.807) is 6.07 Å². The number of carbonyl (C=O) groups is 1. The lowest BCUT2D eigenvalue weighted by molar-refractivity contribution is -0.138. The molecule has 0 unspecified atom stereocenters. The average Bonchev–Trinajstić information content (AvgIpc) is 2.98. The summed E-state index contributed by atoms with van der Waals surface area (Å²) < 4.78 is 5.35. The second-order valence-electron chi connectivity index (χ2n) is 7.08. The van der Waals surface area contributed by atoms with Crippen molar-refractivity contribution in [3.63, 3.8) is 0 Å². The van der Waals surface area contributed by atoms with Crippen LogP contribution in [0.2, 0.25) is 5.02 Å². The second-order valence-corrected chi connectivity index (χ2v) is 7.51. The molecular formula is C19H24ClN3O2. The Kier molecular flexibility index (Phi) is 5.74. The third kappa shape index (κ3) is 4.60. The number of nitrogens with zero attached hydrogens (tertiary/aromatic N) is 3. The fourth-order valence-corrected chi connectivity index (χ4v) is 3.17. The van der Waals surface area contributed by atoms with E-state index in [0.29, 0.717) is 35.6 Å². The van der Waals surface area contributed by atoms with Gasteiger partial charge in [0.2, 0.25) is 17.6 Å². The van der Waals surface area contributed by atoms with Crippen LogP contribution < -0.4 is 0 Å². The average molecular weight is 362 g/mol. The summed E-state index contributed by atoms with van der Waals surface area (Å²) in [5, 5.41) is 4.66. The molecule has 5 nitrogen and oxygen atoms in total. The zero-order valence-electron chi connectivity index (χ0n) is 14.7. The normalized spacial score (nSPS) is 14.6. The highest BCUT2D eigenvalue weighted by Crippen LogP contribution is 2.28. The lowest BCUT2D eigenvalue weighted by atomic mass is 9.84. The molecule has 1 aliphatic rings. The van der Waals surface area contributed by atoms with E-state index in [1.807, 2.05) is 23.1 Å². The highest BCUT2D eigenvalue weighted by molar-refractivity contribution is 6.30. The van der Waals surface area contributed by atoms with Crippen molar-refractivity contribution >= 4 is 17.5 Å². The van der Waals surface area contributed by atoms with Crippen LogP contribution in [-0.4, -0.2) is 34.0 Å². The smallest absolute Gasteiger partial charge is 0.228 e. The summed E-state index contributed by atoms with van der Waals surface area (Å²) in [6.45, 7) is 5.64. The van der Waals surface area contributed by atoms with Crippen molar-refractivity contribution in [3.8, 4) is 11.4 Å². The van der Waals surface area contributed by atoms with Gasteiger partial charge in [0, 0.05) is 36.0 Å². The molecule has 1 heterocycles. The highest BCUT2D eigenvalue weighted by atomic mass is 35.5. The van der Waals surface area contributed by atoms with E-state index in [4.69, 9.17) is 16.1 Å². The third-order valence-electron chi connectivity index (χ3n) is 4.50. The number of amides is 1. The predicted octanol–water partition coefficient (Wildman–Crippen LogP) is 4.22. The maximum absolute atomic E-state index is 12.6. The van der Waals surface area contributed by atoms with E-state index in [0.717, 1.165) is 24.9 Å². The van der Waals surface area contributed by atoms with Crippen molar-refractivity contribution < 1.29 is 9.32 Å². The summed E-state index contributed by atoms with van der Waals surface area (Å²) >= 11 is 6.01. The van der Waals surface area contributed by atoms with Crippen LogP contribution in [-0.2, 0) is 11.2 Å². The van der Waals surface area contributed by atoms with Crippen LogP contribution in [0.25, 0.3) is 11.4 Å². The Morgan fingerprint density at radius 1 is 1.40 bits per heavy atom. The number of rotatable bonds is 7. The summed E-state index contributed by atoms with van der Waals surface area (Å²) in [4.78, 5) is 19.0. The zero-order chi connectivity index (χ0) is 17.8. The quantitative estimate of drug-likeness (QED) is 0.740. The topological polar surface area (TPSA) is 59.2 Å². The minimum absolute atomic E-state index is 0.212. The van der Waals surface area contributed by atoms with Crippen LogP contribution in [0.4, 0.5) is 0 Å². The molecule has 0 spiro atoms. The lowest BCUT2D eigenvalue weighted by Crippen LogP contribution is -2.42. The van der Waals surface area contributed by atoms with Crippen molar-refractivity contribution in [3.05, 3.63) is 35.2 Å². The van der Waals surface area contributed by atoms with Crippen LogP contribution >= 0.6 is 11.6 Å². The minimum atomic E-state index is 0.212. The van der Waals surface area contributed by atoms with E-state index in [1.165, 1.54) is 6.42 Å². The summed E-state index contributed by atoms with van der Waals surface area (Å²) in [6.07, 6.45) is 3.77. The van der Waals surface area contributed by atoms with Gasteiger partial charge in [0.25, 0.3) is 0 Å². The third-order valence-corrected chi connectivity index (χ3v) is 4.73. The highest BCUT2D eigenvalue weighted by Gasteiger charge is 2.29. The van der Waals surface area contributed by atoms with Gasteiger partial charge < -0.3 is 9.42 Å². The van der Waals surface area contributed by atoms with Gasteiger partial charge in [-0.3, -0.25) is 4.79 Å². The summed E-state index contributed by atoms with van der Waals surface area (Å²) in [5.74, 6) is 2.00. The Balaban J connectivity index is 1.63. The van der Waals surface area contributed by atoms with Gasteiger partial charge in [0.15, 0.2) is 0 Å². The second kappa shape index (κ2) is 8.00. The Hall–Kier alpha value is -1.88. The molecule has 1 saturated carbocycles. The molecule has 1 aromatic heterocycles. The van der Waals surface area contributed by atoms with E-state index in [-0.39, 0.29) is 11.8 Å². The van der Waals surface area contributed by atoms with Gasteiger partial charge >= 0.3 is 0 Å². The number of halogens is 1. The molecule has 0 bridgehead atoms. The monoisotopic (exact) mass is 361 g/mol. The molecule has 0 N–H and O–H groups in total. The molecule has 1 aromatic carbocycles. The molecule has 6 heteroatoms. The summed E-state index contributed by atoms with van der Waals surface area (Å²) in [6, 6.07) is 7.37. The van der Waals surface area contributed by atoms with E-state index in [9.17, 15) is 4.79 Å². The fourth-order valence-electron chi connectivity index (χ4n) is 2.98. The van der Waals surface area contributed by atoms with Crippen LogP contribution in [0, 0.1) is 11.8 Å². The van der Waals surface area contributed by atoms with Crippen molar-refractivity contribution in [2.45, 2.75) is 39.5 Å². The van der Waals surface area contributed by atoms with E-state index < -0.39 is 0 Å². The SMILES string of the molecule is CC(C)CN(CCc1nc(-c2cccc(Cl)c2)no1)C(=O)C1CCC1. The van der Waals surface area contributed by atoms with Crippen LogP contribution in [0.5, 0.6) is 0 Å². The number of aromatic nitrogens is 2. The standard InChI is InChI=1S/C19H24ClN3O2/c1-13(2)12-23(19(24)14-5-3-6-14)10-9-17-21-18(22-25-17)15-7-4-8-16(20)11-15/h4,7-8,11,13-14H,3,5-6,9-10,12H2,1-2H3. The number of benzene rings is 1. The first-order chi connectivity index (χ1) is 12.0. The lowest BCUT2D eigenvalue weighted by Gasteiger charge is -2.32. The largest absolute Gasteiger partial charge is 0.342 e. The van der Waals surface area contributed by atoms with Gasteiger partial charge in [0.1, 0.15) is 0 Å². The Labute approximate surface area is 153 Å². The summed E-state index contributed by atoms with van der Waals surface area (Å²) in [7, 11) is 0. The molecule has 1 aliphatic carbocycles. The number of hydrogen-bond acceptors (Lipinski definition) is 4. The predicted molar refractivity (Wildman–Crippen MR) is 97.2 cm³/mol. The van der Waals surface area contributed by atoms with Crippen molar-refractivity contribution in [1.29, 1.82) is 0 Å². The molecule has 25 heavy (non-hydrogen) atoms. The van der Waals surface area contributed by atoms with Gasteiger partial charge in [-0.05, 0) is 30.9 Å². The molecule has 2 aromatic rings. The number of carbonyl (C=O) groups excluding carboxylic acids is 1. The molecule has 0 radical (unpaired) electrons. The maximum Gasteiger partial charge on any atom is 0.228 e. The fraction of sp³-hybridized carbons (Fsp3) is 0.526. The minimum Gasteiger partial charge on any atom is -0.342 e. The Morgan fingerprint density at radius 2 is 2.20 bits per heavy atom. The maximum atomic E-state index is 12.6. The van der Waals surface area contributed by atoms with Gasteiger partial charge in [-0.15, -0.1) is 0 Å². The van der Waals surface area contributed by atoms with E-state index in [2.05, 4.69) is 24.0 Å². The molecule has 0 saturated heterocycles. The van der Waals surface area contributed by atoms with Crippen molar-refractivity contribution in [2.24, 2.45) is 11.8 Å². The van der Waals surface area contributed by atoms with Crippen molar-refractivity contribution in [1.82, 2.24) is 15.0 Å². The number of hydrogen-bond donors (Lipinski definition) is 0. The molecule has 134 valence electrons. The van der Waals surface area contributed by atoms with Crippen molar-refractivity contribution in [2.75, 3.05) is 13.1 Å².